The number of halogens is 4. The monoisotopic (exact) mass is 437 g/mol. The Bertz CT molecular complexity index is 1030. The standard InChI is InChI=1S/C19H15ClF3N5S/c1-12(13-2-5-15(6-3-13)28-9-8-24-11-28)26-27-18(29)25-17-10-14(19(21,22)23)4-7-16(17)20/h2-11H,1H3,(H2,25,27,29)/b26-12+. The second kappa shape index (κ2) is 8.62. The summed E-state index contributed by atoms with van der Waals surface area (Å²) in [5.74, 6) is 0. The molecule has 2 aromatic carbocycles. The highest BCUT2D eigenvalue weighted by molar-refractivity contribution is 7.80. The van der Waals surface area contributed by atoms with Crippen LogP contribution in [0.5, 0.6) is 0 Å². The van der Waals surface area contributed by atoms with Crippen LogP contribution in [-0.4, -0.2) is 20.4 Å². The van der Waals surface area contributed by atoms with Crippen molar-refractivity contribution in [2.75, 3.05) is 5.32 Å². The number of anilines is 1. The Morgan fingerprint density at radius 3 is 2.52 bits per heavy atom. The van der Waals surface area contributed by atoms with Gasteiger partial charge in [0.1, 0.15) is 0 Å². The molecule has 0 bridgehead atoms. The molecule has 0 atom stereocenters. The maximum Gasteiger partial charge on any atom is 0.416 e. The van der Waals surface area contributed by atoms with Crippen molar-refractivity contribution in [3.63, 3.8) is 0 Å². The fourth-order valence-electron chi connectivity index (χ4n) is 2.43. The van der Waals surface area contributed by atoms with Crippen LogP contribution < -0.4 is 10.7 Å². The van der Waals surface area contributed by atoms with Crippen molar-refractivity contribution in [3.05, 3.63) is 77.3 Å². The first-order chi connectivity index (χ1) is 13.7. The summed E-state index contributed by atoms with van der Waals surface area (Å²) in [6, 6.07) is 10.5. The molecule has 0 spiro atoms. The fraction of sp³-hybridized carbons (Fsp3) is 0.105. The first-order valence-corrected chi connectivity index (χ1v) is 9.09. The predicted molar refractivity (Wildman–Crippen MR) is 112 cm³/mol. The van der Waals surface area contributed by atoms with E-state index in [2.05, 4.69) is 20.8 Å². The molecule has 0 unspecified atom stereocenters. The van der Waals surface area contributed by atoms with E-state index in [9.17, 15) is 13.2 Å². The molecule has 2 N–H and O–H groups in total. The smallest absolute Gasteiger partial charge is 0.330 e. The van der Waals surface area contributed by atoms with Gasteiger partial charge in [0.15, 0.2) is 5.11 Å². The van der Waals surface area contributed by atoms with Crippen molar-refractivity contribution < 1.29 is 13.2 Å². The number of benzene rings is 2. The zero-order valence-corrected chi connectivity index (χ0v) is 16.6. The van der Waals surface area contributed by atoms with Crippen molar-refractivity contribution in [3.8, 4) is 5.69 Å². The molecule has 1 heterocycles. The Morgan fingerprint density at radius 2 is 1.90 bits per heavy atom. The molecule has 0 aliphatic heterocycles. The summed E-state index contributed by atoms with van der Waals surface area (Å²) in [4.78, 5) is 4.00. The molecular formula is C19H15ClF3N5S. The van der Waals surface area contributed by atoms with Crippen LogP contribution in [0.2, 0.25) is 5.02 Å². The maximum absolute atomic E-state index is 12.9. The minimum absolute atomic E-state index is 0.0145. The van der Waals surface area contributed by atoms with E-state index in [1.807, 2.05) is 35.0 Å². The van der Waals surface area contributed by atoms with Gasteiger partial charge in [0.2, 0.25) is 0 Å². The average molecular weight is 438 g/mol. The molecule has 0 aliphatic carbocycles. The SMILES string of the molecule is C/C(=N\NC(=S)Nc1cc(C(F)(F)F)ccc1Cl)c1ccc(-n2ccnc2)cc1. The van der Waals surface area contributed by atoms with Gasteiger partial charge in [-0.1, -0.05) is 23.7 Å². The quantitative estimate of drug-likeness (QED) is 0.332. The number of nitrogens with one attached hydrogen (secondary N) is 2. The van der Waals surface area contributed by atoms with Crippen molar-refractivity contribution >= 4 is 40.3 Å². The molecule has 5 nitrogen and oxygen atoms in total. The Hall–Kier alpha value is -2.91. The van der Waals surface area contributed by atoms with Crippen molar-refractivity contribution in [2.45, 2.75) is 13.1 Å². The lowest BCUT2D eigenvalue weighted by Gasteiger charge is -2.13. The van der Waals surface area contributed by atoms with Crippen molar-refractivity contribution in [1.29, 1.82) is 0 Å². The summed E-state index contributed by atoms with van der Waals surface area (Å²) in [6.07, 6.45) is 0.740. The van der Waals surface area contributed by atoms with Crippen LogP contribution in [0.4, 0.5) is 18.9 Å². The molecule has 10 heteroatoms. The topological polar surface area (TPSA) is 54.2 Å². The number of hydrazone groups is 1. The highest BCUT2D eigenvalue weighted by Gasteiger charge is 2.31. The lowest BCUT2D eigenvalue weighted by molar-refractivity contribution is -0.137. The molecule has 0 amide bonds. The van der Waals surface area contributed by atoms with Gasteiger partial charge in [0.05, 0.1) is 28.3 Å². The lowest BCUT2D eigenvalue weighted by atomic mass is 10.1. The molecule has 3 aromatic rings. The van der Waals surface area contributed by atoms with E-state index in [0.29, 0.717) is 5.71 Å². The summed E-state index contributed by atoms with van der Waals surface area (Å²) < 4.78 is 40.4. The number of thiocarbonyl (C=S) groups is 1. The van der Waals surface area contributed by atoms with E-state index in [1.54, 1.807) is 19.4 Å². The molecule has 150 valence electrons. The third-order valence-electron chi connectivity index (χ3n) is 3.95. The van der Waals surface area contributed by atoms with E-state index >= 15 is 0 Å². The normalized spacial score (nSPS) is 12.0. The van der Waals surface area contributed by atoms with Gasteiger partial charge in [-0.2, -0.15) is 18.3 Å². The molecule has 0 saturated heterocycles. The Kier molecular flexibility index (Phi) is 6.19. The van der Waals surface area contributed by atoms with Crippen LogP contribution in [0.15, 0.2) is 66.3 Å². The summed E-state index contributed by atoms with van der Waals surface area (Å²) in [5, 5.41) is 6.91. The molecule has 29 heavy (non-hydrogen) atoms. The summed E-state index contributed by atoms with van der Waals surface area (Å²) >= 11 is 11.0. The Labute approximate surface area is 175 Å². The second-order valence-corrected chi connectivity index (χ2v) is 6.79. The highest BCUT2D eigenvalue weighted by atomic mass is 35.5. The number of hydrogen-bond acceptors (Lipinski definition) is 3. The van der Waals surface area contributed by atoms with Crippen LogP contribution in [0.25, 0.3) is 5.69 Å². The highest BCUT2D eigenvalue weighted by Crippen LogP contribution is 2.33. The Balaban J connectivity index is 1.66. The van der Waals surface area contributed by atoms with Gasteiger partial charge in [-0.05, 0) is 55.0 Å². The van der Waals surface area contributed by atoms with Gasteiger partial charge >= 0.3 is 6.18 Å². The minimum atomic E-state index is -4.48. The van der Waals surface area contributed by atoms with Crippen molar-refractivity contribution in [1.82, 2.24) is 15.0 Å². The second-order valence-electron chi connectivity index (χ2n) is 5.97. The zero-order chi connectivity index (χ0) is 21.0. The lowest BCUT2D eigenvalue weighted by Crippen LogP contribution is -2.25. The van der Waals surface area contributed by atoms with Crippen molar-refractivity contribution in [2.24, 2.45) is 5.10 Å². The molecule has 0 radical (unpaired) electrons. The van der Waals surface area contributed by atoms with Crippen LogP contribution >= 0.6 is 23.8 Å². The maximum atomic E-state index is 12.9. The first kappa shape index (κ1) is 20.8. The van der Waals surface area contributed by atoms with E-state index < -0.39 is 11.7 Å². The molecule has 3 rings (SSSR count). The summed E-state index contributed by atoms with van der Waals surface area (Å²) in [6.45, 7) is 1.78. The van der Waals surface area contributed by atoms with Crippen LogP contribution in [0.1, 0.15) is 18.1 Å². The molecule has 0 fully saturated rings. The van der Waals surface area contributed by atoms with Gasteiger partial charge in [0, 0.05) is 18.1 Å². The molecule has 0 saturated carbocycles. The fourth-order valence-corrected chi connectivity index (χ4v) is 2.75. The number of imidazole rings is 1. The molecule has 0 aliphatic rings. The van der Waals surface area contributed by atoms with Crippen LogP contribution in [0.3, 0.4) is 0 Å². The summed E-state index contributed by atoms with van der Waals surface area (Å²) in [5.41, 5.74) is 4.26. The average Bonchev–Trinajstić information content (AvgIpc) is 3.22. The van der Waals surface area contributed by atoms with E-state index in [0.717, 1.165) is 29.4 Å². The third-order valence-corrected chi connectivity index (χ3v) is 4.48. The number of hydrogen-bond donors (Lipinski definition) is 2. The minimum Gasteiger partial charge on any atom is -0.330 e. The van der Waals surface area contributed by atoms with Crippen LogP contribution in [0, 0.1) is 0 Å². The summed E-state index contributed by atoms with van der Waals surface area (Å²) in [7, 11) is 0. The number of alkyl halides is 3. The van der Waals surface area contributed by atoms with Gasteiger partial charge in [-0.15, -0.1) is 0 Å². The van der Waals surface area contributed by atoms with Gasteiger partial charge in [-0.3, -0.25) is 5.43 Å². The number of nitrogens with zero attached hydrogens (tertiary/aromatic N) is 3. The van der Waals surface area contributed by atoms with Gasteiger partial charge in [0.25, 0.3) is 0 Å². The van der Waals surface area contributed by atoms with Crippen LogP contribution in [-0.2, 0) is 6.18 Å². The van der Waals surface area contributed by atoms with E-state index in [4.69, 9.17) is 23.8 Å². The van der Waals surface area contributed by atoms with Gasteiger partial charge < -0.3 is 9.88 Å². The number of rotatable bonds is 4. The Morgan fingerprint density at radius 1 is 1.17 bits per heavy atom. The first-order valence-electron chi connectivity index (χ1n) is 8.31. The third kappa shape index (κ3) is 5.33. The molecule has 1 aromatic heterocycles. The van der Waals surface area contributed by atoms with Gasteiger partial charge in [-0.25, -0.2) is 4.98 Å². The van der Waals surface area contributed by atoms with E-state index in [-0.39, 0.29) is 15.8 Å². The zero-order valence-electron chi connectivity index (χ0n) is 15.0. The predicted octanol–water partition coefficient (Wildman–Crippen LogP) is 5.26. The van der Waals surface area contributed by atoms with E-state index in [1.165, 1.54) is 0 Å². The molecular weight excluding hydrogens is 423 g/mol. The largest absolute Gasteiger partial charge is 0.416 e. The number of aromatic nitrogens is 2.